The number of aliphatic hydroxyl groups is 2. The second kappa shape index (κ2) is 13.4. The molecule has 13 heavy (non-hydrogen) atoms. The minimum Gasteiger partial charge on any atom is -0.481 e. The number of carboxylic acid groups (broad SMARTS) is 2. The fraction of sp³-hybridized carbons (Fsp3) is 0.714. The van der Waals surface area contributed by atoms with Crippen molar-refractivity contribution in [1.82, 2.24) is 0 Å². The van der Waals surface area contributed by atoms with Gasteiger partial charge in [-0.05, 0) is 13.8 Å². The van der Waals surface area contributed by atoms with Crippen LogP contribution in [0.4, 0.5) is 0 Å². The molecule has 0 aliphatic heterocycles. The molecular weight excluding hydrogens is 180 g/mol. The Labute approximate surface area is 76.4 Å². The molecule has 4 N–H and O–H groups in total. The molecule has 0 saturated heterocycles. The minimum absolute atomic E-state index is 0.250. The summed E-state index contributed by atoms with van der Waals surface area (Å²) in [5.74, 6) is -2.02. The van der Waals surface area contributed by atoms with Crippen molar-refractivity contribution in [3.05, 3.63) is 0 Å². The highest BCUT2D eigenvalue weighted by atomic mass is 16.4. The van der Waals surface area contributed by atoms with E-state index in [1.165, 1.54) is 6.92 Å². The number of carboxylic acids is 2. The summed E-state index contributed by atoms with van der Waals surface area (Å²) in [5, 5.41) is 30.8. The van der Waals surface area contributed by atoms with Crippen LogP contribution >= 0.6 is 0 Å². The van der Waals surface area contributed by atoms with Gasteiger partial charge >= 0.3 is 5.97 Å². The Balaban J connectivity index is -0.000000125. The Kier molecular flexibility index (Phi) is 18.4. The fourth-order valence-corrected chi connectivity index (χ4v) is 0. The summed E-state index contributed by atoms with van der Waals surface area (Å²) in [7, 11) is 0. The molecule has 80 valence electrons. The molecule has 0 aliphatic carbocycles. The van der Waals surface area contributed by atoms with Gasteiger partial charge in [-0.15, -0.1) is 0 Å². The Morgan fingerprint density at radius 2 is 1.38 bits per heavy atom. The predicted molar refractivity (Wildman–Crippen MR) is 45.4 cm³/mol. The van der Waals surface area contributed by atoms with Gasteiger partial charge in [0.1, 0.15) is 6.10 Å². The summed E-state index contributed by atoms with van der Waals surface area (Å²) < 4.78 is 0. The minimum atomic E-state index is -1.23. The topological polar surface area (TPSA) is 115 Å². The lowest BCUT2D eigenvalue weighted by Crippen LogP contribution is -2.13. The van der Waals surface area contributed by atoms with Crippen LogP contribution in [0.2, 0.25) is 0 Å². The van der Waals surface area contributed by atoms with Gasteiger partial charge in [-0.1, -0.05) is 0 Å². The standard InChI is InChI=1S/C3H6O3.C2H4O2.C2H6O/c1-2(4)3(5)6;1-2(3)4;1-2-3/h2,4H,1H3,(H,5,6);1H3,(H,3,4);3H,2H2,1H3. The molecule has 0 amide bonds. The van der Waals surface area contributed by atoms with E-state index in [0.29, 0.717) is 0 Å². The van der Waals surface area contributed by atoms with Gasteiger partial charge in [0.25, 0.3) is 5.97 Å². The first-order chi connectivity index (χ1) is 5.79. The van der Waals surface area contributed by atoms with Gasteiger partial charge in [0, 0.05) is 13.5 Å². The van der Waals surface area contributed by atoms with Crippen LogP contribution in [0.15, 0.2) is 0 Å². The largest absolute Gasteiger partial charge is 0.481 e. The van der Waals surface area contributed by atoms with Crippen LogP contribution in [0.3, 0.4) is 0 Å². The molecule has 0 bridgehead atoms. The van der Waals surface area contributed by atoms with Gasteiger partial charge in [0.2, 0.25) is 0 Å². The Morgan fingerprint density at radius 1 is 1.31 bits per heavy atom. The van der Waals surface area contributed by atoms with Crippen molar-refractivity contribution in [1.29, 1.82) is 0 Å². The third-order valence-corrected chi connectivity index (χ3v) is 0.357. The van der Waals surface area contributed by atoms with Crippen molar-refractivity contribution in [3.8, 4) is 0 Å². The van der Waals surface area contributed by atoms with Gasteiger partial charge in [-0.3, -0.25) is 4.79 Å². The van der Waals surface area contributed by atoms with Crippen LogP contribution in [0, 0.1) is 0 Å². The molecule has 1 unspecified atom stereocenters. The van der Waals surface area contributed by atoms with E-state index in [-0.39, 0.29) is 6.61 Å². The Hall–Kier alpha value is -1.14. The van der Waals surface area contributed by atoms with Crippen molar-refractivity contribution in [2.45, 2.75) is 26.9 Å². The molecule has 0 saturated carbocycles. The third kappa shape index (κ3) is 104. The number of hydrogen-bond donors (Lipinski definition) is 4. The lowest BCUT2D eigenvalue weighted by molar-refractivity contribution is -0.145. The molecule has 6 heteroatoms. The maximum Gasteiger partial charge on any atom is 0.332 e. The second-order valence-corrected chi connectivity index (χ2v) is 1.85. The predicted octanol–water partition coefficient (Wildman–Crippen LogP) is -0.459. The molecule has 0 radical (unpaired) electrons. The third-order valence-electron chi connectivity index (χ3n) is 0.357. The van der Waals surface area contributed by atoms with Crippen molar-refractivity contribution < 1.29 is 30.0 Å². The van der Waals surface area contributed by atoms with Crippen LogP contribution in [-0.2, 0) is 9.59 Å². The van der Waals surface area contributed by atoms with E-state index in [2.05, 4.69) is 0 Å². The van der Waals surface area contributed by atoms with E-state index < -0.39 is 18.0 Å². The number of carbonyl (C=O) groups is 2. The summed E-state index contributed by atoms with van der Waals surface area (Å²) in [5.41, 5.74) is 0. The van der Waals surface area contributed by atoms with Crippen LogP contribution in [0.25, 0.3) is 0 Å². The summed E-state index contributed by atoms with van der Waals surface area (Å²) >= 11 is 0. The van der Waals surface area contributed by atoms with Crippen LogP contribution in [0.1, 0.15) is 20.8 Å². The van der Waals surface area contributed by atoms with E-state index in [1.807, 2.05) is 0 Å². The molecule has 0 aromatic rings. The van der Waals surface area contributed by atoms with Crippen molar-refractivity contribution in [2.24, 2.45) is 0 Å². The first-order valence-corrected chi connectivity index (χ1v) is 3.50. The molecule has 1 atom stereocenters. The molecule has 0 aliphatic rings. The number of aliphatic carboxylic acids is 2. The van der Waals surface area contributed by atoms with Crippen LogP contribution < -0.4 is 0 Å². The highest BCUT2D eigenvalue weighted by Crippen LogP contribution is 1.73. The molecule has 0 spiro atoms. The quantitative estimate of drug-likeness (QED) is 0.451. The highest BCUT2D eigenvalue weighted by molar-refractivity contribution is 5.71. The molecule has 6 nitrogen and oxygen atoms in total. The zero-order chi connectivity index (χ0) is 11.4. The number of hydrogen-bond acceptors (Lipinski definition) is 4. The zero-order valence-electron chi connectivity index (χ0n) is 7.89. The van der Waals surface area contributed by atoms with Gasteiger partial charge in [0.05, 0.1) is 0 Å². The van der Waals surface area contributed by atoms with E-state index in [9.17, 15) is 4.79 Å². The van der Waals surface area contributed by atoms with Crippen molar-refractivity contribution in [2.75, 3.05) is 6.61 Å². The van der Waals surface area contributed by atoms with E-state index >= 15 is 0 Å². The average Bonchev–Trinajstić information content (AvgIpc) is 1.87. The lowest BCUT2D eigenvalue weighted by atomic mass is 10.4. The van der Waals surface area contributed by atoms with Crippen LogP contribution in [-0.4, -0.2) is 45.1 Å². The van der Waals surface area contributed by atoms with E-state index in [0.717, 1.165) is 6.92 Å². The normalized spacial score (nSPS) is 9.62. The van der Waals surface area contributed by atoms with Gasteiger partial charge in [-0.2, -0.15) is 0 Å². The molecule has 0 rings (SSSR count). The maximum absolute atomic E-state index is 9.45. The maximum atomic E-state index is 9.45. The number of aliphatic hydroxyl groups excluding tert-OH is 2. The first kappa shape index (κ1) is 17.8. The van der Waals surface area contributed by atoms with Gasteiger partial charge in [0.15, 0.2) is 0 Å². The van der Waals surface area contributed by atoms with E-state index in [4.69, 9.17) is 25.2 Å². The molecule has 0 fully saturated rings. The average molecular weight is 196 g/mol. The molecule has 0 aromatic carbocycles. The Morgan fingerprint density at radius 3 is 1.38 bits per heavy atom. The Bertz CT molecular complexity index is 127. The van der Waals surface area contributed by atoms with Gasteiger partial charge in [-0.25, -0.2) is 4.79 Å². The fourth-order valence-electron chi connectivity index (χ4n) is 0. The van der Waals surface area contributed by atoms with E-state index in [1.54, 1.807) is 6.92 Å². The monoisotopic (exact) mass is 196 g/mol. The smallest absolute Gasteiger partial charge is 0.332 e. The molecule has 0 aromatic heterocycles. The SMILES string of the molecule is CC(=O)O.CC(O)C(=O)O.CCO. The van der Waals surface area contributed by atoms with Crippen molar-refractivity contribution >= 4 is 11.9 Å². The summed E-state index contributed by atoms with van der Waals surface area (Å²) in [6, 6.07) is 0. The highest BCUT2D eigenvalue weighted by Gasteiger charge is 2.01. The zero-order valence-corrected chi connectivity index (χ0v) is 7.89. The van der Waals surface area contributed by atoms with Crippen LogP contribution in [0.5, 0.6) is 0 Å². The molecular formula is C7H16O6. The lowest BCUT2D eigenvalue weighted by Gasteiger charge is -1.89. The number of rotatable bonds is 1. The van der Waals surface area contributed by atoms with Crippen molar-refractivity contribution in [3.63, 3.8) is 0 Å². The summed E-state index contributed by atoms with van der Waals surface area (Å²) in [4.78, 5) is 18.4. The second-order valence-electron chi connectivity index (χ2n) is 1.85. The summed E-state index contributed by atoms with van der Waals surface area (Å²) in [6.45, 7) is 4.21. The molecule has 0 heterocycles. The summed E-state index contributed by atoms with van der Waals surface area (Å²) in [6.07, 6.45) is -1.23. The first-order valence-electron chi connectivity index (χ1n) is 3.50. The van der Waals surface area contributed by atoms with Gasteiger partial charge < -0.3 is 20.4 Å².